The highest BCUT2D eigenvalue weighted by Crippen LogP contribution is 2.29. The quantitative estimate of drug-likeness (QED) is 0.879. The van der Waals surface area contributed by atoms with Gasteiger partial charge in [0.25, 0.3) is 0 Å². The molecule has 0 aliphatic heterocycles. The van der Waals surface area contributed by atoms with E-state index in [0.29, 0.717) is 12.1 Å². The largest absolute Gasteiger partial charge is 0.416 e. The van der Waals surface area contributed by atoms with Crippen LogP contribution in [0.1, 0.15) is 25.0 Å². The zero-order chi connectivity index (χ0) is 17.7. The maximum Gasteiger partial charge on any atom is 0.416 e. The minimum atomic E-state index is -4.37. The summed E-state index contributed by atoms with van der Waals surface area (Å²) in [6, 6.07) is 4.44. The molecule has 0 radical (unpaired) electrons. The maximum absolute atomic E-state index is 12.5. The van der Waals surface area contributed by atoms with E-state index in [4.69, 9.17) is 0 Å². The molecule has 0 saturated carbocycles. The molecule has 0 saturated heterocycles. The van der Waals surface area contributed by atoms with Gasteiger partial charge in [-0.25, -0.2) is 0 Å². The Balaban J connectivity index is 1.95. The molecule has 1 heterocycles. The number of aromatic nitrogens is 3. The van der Waals surface area contributed by atoms with Crippen molar-refractivity contribution in [2.24, 2.45) is 5.92 Å². The van der Waals surface area contributed by atoms with Crippen LogP contribution in [0.4, 0.5) is 13.2 Å². The third-order valence-corrected chi connectivity index (χ3v) is 3.62. The molecule has 1 aromatic heterocycles. The van der Waals surface area contributed by atoms with Crippen molar-refractivity contribution in [1.82, 2.24) is 20.3 Å². The van der Waals surface area contributed by atoms with Crippen LogP contribution in [-0.4, -0.2) is 26.9 Å². The van der Waals surface area contributed by atoms with Crippen LogP contribution in [-0.2, 0) is 23.9 Å². The minimum Gasteiger partial charge on any atom is -0.351 e. The van der Waals surface area contributed by atoms with Crippen molar-refractivity contribution in [3.05, 3.63) is 47.8 Å². The maximum atomic E-state index is 12.5. The van der Waals surface area contributed by atoms with E-state index in [1.807, 2.05) is 13.8 Å². The molecule has 0 spiro atoms. The molecule has 1 atom stereocenters. The number of nitrogens with one attached hydrogen (secondary N) is 1. The Morgan fingerprint density at radius 3 is 2.25 bits per heavy atom. The number of carbonyl (C=O) groups is 1. The molecule has 1 amide bonds. The van der Waals surface area contributed by atoms with Crippen molar-refractivity contribution in [2.45, 2.75) is 39.0 Å². The van der Waals surface area contributed by atoms with Gasteiger partial charge >= 0.3 is 6.18 Å². The van der Waals surface area contributed by atoms with Crippen LogP contribution >= 0.6 is 0 Å². The zero-order valence-corrected chi connectivity index (χ0v) is 13.4. The van der Waals surface area contributed by atoms with Crippen LogP contribution < -0.4 is 5.32 Å². The summed E-state index contributed by atoms with van der Waals surface area (Å²) in [5.74, 6) is -0.0897. The van der Waals surface area contributed by atoms with Gasteiger partial charge in [0.15, 0.2) is 0 Å². The second kappa shape index (κ2) is 7.46. The first kappa shape index (κ1) is 18.0. The minimum absolute atomic E-state index is 0.0217. The fraction of sp³-hybridized carbons (Fsp3) is 0.438. The predicted octanol–water partition coefficient (Wildman–Crippen LogP) is 2.68. The highest BCUT2D eigenvalue weighted by atomic mass is 19.4. The summed E-state index contributed by atoms with van der Waals surface area (Å²) in [5.41, 5.74) is -0.198. The van der Waals surface area contributed by atoms with E-state index < -0.39 is 11.7 Å². The lowest BCUT2D eigenvalue weighted by Gasteiger charge is -2.22. The van der Waals surface area contributed by atoms with Crippen molar-refractivity contribution in [3.8, 4) is 0 Å². The SMILES string of the molecule is CC(C)[C@H](Cn1nccn1)NC(=O)Cc1ccc(C(F)(F)F)cc1. The first-order valence-corrected chi connectivity index (χ1v) is 7.55. The average molecular weight is 340 g/mol. The number of hydrogen-bond acceptors (Lipinski definition) is 3. The van der Waals surface area contributed by atoms with Crippen molar-refractivity contribution in [3.63, 3.8) is 0 Å². The molecule has 0 bridgehead atoms. The number of amides is 1. The Bertz CT molecular complexity index is 651. The molecule has 0 aliphatic rings. The summed E-state index contributed by atoms with van der Waals surface area (Å²) in [4.78, 5) is 13.6. The van der Waals surface area contributed by atoms with Gasteiger partial charge in [-0.1, -0.05) is 26.0 Å². The van der Waals surface area contributed by atoms with Crippen molar-refractivity contribution >= 4 is 5.91 Å². The number of halogens is 3. The van der Waals surface area contributed by atoms with Gasteiger partial charge in [0.05, 0.1) is 37.0 Å². The Morgan fingerprint density at radius 1 is 1.17 bits per heavy atom. The third kappa shape index (κ3) is 5.07. The van der Waals surface area contributed by atoms with Crippen LogP contribution in [0.5, 0.6) is 0 Å². The van der Waals surface area contributed by atoms with Crippen LogP contribution in [0, 0.1) is 5.92 Å². The summed E-state index contributed by atoms with van der Waals surface area (Å²) in [7, 11) is 0. The Kier molecular flexibility index (Phi) is 5.58. The summed E-state index contributed by atoms with van der Waals surface area (Å²) in [6.07, 6.45) is -1.24. The first-order valence-electron chi connectivity index (χ1n) is 7.55. The molecule has 24 heavy (non-hydrogen) atoms. The summed E-state index contributed by atoms with van der Waals surface area (Å²) < 4.78 is 37.6. The van der Waals surface area contributed by atoms with E-state index in [-0.39, 0.29) is 24.3 Å². The topological polar surface area (TPSA) is 59.8 Å². The second-order valence-electron chi connectivity index (χ2n) is 5.87. The van der Waals surface area contributed by atoms with Crippen molar-refractivity contribution in [1.29, 1.82) is 0 Å². The van der Waals surface area contributed by atoms with Crippen LogP contribution in [0.15, 0.2) is 36.7 Å². The van der Waals surface area contributed by atoms with Crippen LogP contribution in [0.3, 0.4) is 0 Å². The molecule has 1 N–H and O–H groups in total. The van der Waals surface area contributed by atoms with Gasteiger partial charge in [-0.3, -0.25) is 4.79 Å². The van der Waals surface area contributed by atoms with Gasteiger partial charge in [0.2, 0.25) is 5.91 Å². The molecular weight excluding hydrogens is 321 g/mol. The highest BCUT2D eigenvalue weighted by molar-refractivity contribution is 5.78. The normalized spacial score (nSPS) is 13.1. The van der Waals surface area contributed by atoms with Crippen molar-refractivity contribution in [2.75, 3.05) is 0 Å². The molecular formula is C16H19F3N4O. The number of hydrogen-bond donors (Lipinski definition) is 1. The van der Waals surface area contributed by atoms with Gasteiger partial charge in [0, 0.05) is 0 Å². The Hall–Kier alpha value is -2.38. The Labute approximate surface area is 137 Å². The lowest BCUT2D eigenvalue weighted by molar-refractivity contribution is -0.137. The second-order valence-corrected chi connectivity index (χ2v) is 5.87. The monoisotopic (exact) mass is 340 g/mol. The fourth-order valence-corrected chi connectivity index (χ4v) is 2.19. The molecule has 0 fully saturated rings. The lowest BCUT2D eigenvalue weighted by atomic mass is 10.0. The van der Waals surface area contributed by atoms with E-state index in [2.05, 4.69) is 15.5 Å². The number of rotatable bonds is 6. The first-order chi connectivity index (χ1) is 11.3. The molecule has 8 heteroatoms. The lowest BCUT2D eigenvalue weighted by Crippen LogP contribution is -2.42. The van der Waals surface area contributed by atoms with Crippen LogP contribution in [0.2, 0.25) is 0 Å². The molecule has 2 aromatic rings. The third-order valence-electron chi connectivity index (χ3n) is 3.62. The number of carbonyl (C=O) groups excluding carboxylic acids is 1. The van der Waals surface area contributed by atoms with Gasteiger partial charge in [-0.2, -0.15) is 28.2 Å². The van der Waals surface area contributed by atoms with Gasteiger partial charge in [-0.05, 0) is 23.6 Å². The summed E-state index contributed by atoms with van der Waals surface area (Å²) in [6.45, 7) is 4.36. The van der Waals surface area contributed by atoms with E-state index in [0.717, 1.165) is 12.1 Å². The standard InChI is InChI=1S/C16H19F3N4O/c1-11(2)14(10-23-20-7-8-21-23)22-15(24)9-12-3-5-13(6-4-12)16(17,18)19/h3-8,11,14H,9-10H2,1-2H3,(H,22,24)/t14-/m0/s1. The van der Waals surface area contributed by atoms with E-state index in [9.17, 15) is 18.0 Å². The zero-order valence-electron chi connectivity index (χ0n) is 13.4. The summed E-state index contributed by atoms with van der Waals surface area (Å²) >= 11 is 0. The highest BCUT2D eigenvalue weighted by Gasteiger charge is 2.30. The average Bonchev–Trinajstić information content (AvgIpc) is 2.99. The predicted molar refractivity (Wildman–Crippen MR) is 81.9 cm³/mol. The van der Waals surface area contributed by atoms with Crippen molar-refractivity contribution < 1.29 is 18.0 Å². The van der Waals surface area contributed by atoms with E-state index in [1.165, 1.54) is 16.9 Å². The number of alkyl halides is 3. The Morgan fingerprint density at radius 2 is 1.75 bits per heavy atom. The fourth-order valence-electron chi connectivity index (χ4n) is 2.19. The van der Waals surface area contributed by atoms with Crippen LogP contribution in [0.25, 0.3) is 0 Å². The number of benzene rings is 1. The van der Waals surface area contributed by atoms with E-state index >= 15 is 0 Å². The molecule has 5 nitrogen and oxygen atoms in total. The molecule has 0 aliphatic carbocycles. The molecule has 2 rings (SSSR count). The number of nitrogens with zero attached hydrogens (tertiary/aromatic N) is 3. The molecule has 0 unspecified atom stereocenters. The van der Waals surface area contributed by atoms with Gasteiger partial charge in [-0.15, -0.1) is 0 Å². The smallest absolute Gasteiger partial charge is 0.351 e. The molecule has 1 aromatic carbocycles. The molecule has 130 valence electrons. The van der Waals surface area contributed by atoms with Gasteiger partial charge < -0.3 is 5.32 Å². The summed E-state index contributed by atoms with van der Waals surface area (Å²) in [5, 5.41) is 10.9. The van der Waals surface area contributed by atoms with E-state index in [1.54, 1.807) is 12.4 Å². The van der Waals surface area contributed by atoms with Gasteiger partial charge in [0.1, 0.15) is 0 Å².